The second-order valence-electron chi connectivity index (χ2n) is 6.43. The van der Waals surface area contributed by atoms with Crippen LogP contribution in [-0.4, -0.2) is 0 Å². The van der Waals surface area contributed by atoms with Crippen molar-refractivity contribution in [3.63, 3.8) is 0 Å². The van der Waals surface area contributed by atoms with Gasteiger partial charge in [0.2, 0.25) is 0 Å². The first-order valence-corrected chi connectivity index (χ1v) is 10.3. The van der Waals surface area contributed by atoms with Crippen molar-refractivity contribution in [1.82, 2.24) is 0 Å². The average Bonchev–Trinajstić information content (AvgIpc) is 3.05. The van der Waals surface area contributed by atoms with Crippen molar-refractivity contribution in [3.8, 4) is 22.5 Å². The molecule has 27 heavy (non-hydrogen) atoms. The number of hydrogen-bond acceptors (Lipinski definition) is 1. The fourth-order valence-electron chi connectivity index (χ4n) is 3.78. The Morgan fingerprint density at radius 3 is 1.52 bits per heavy atom. The first kappa shape index (κ1) is 16.8. The minimum Gasteiger partial charge on any atom is -0.462 e. The van der Waals surface area contributed by atoms with Crippen molar-refractivity contribution < 1.29 is 4.42 Å². The number of fused-ring (bicyclic) bond motifs is 2. The Morgan fingerprint density at radius 2 is 1.04 bits per heavy atom. The molecule has 3 heteroatoms. The molecule has 0 bridgehead atoms. The maximum Gasteiger partial charge on any atom is 0.150 e. The number of furan rings is 1. The van der Waals surface area contributed by atoms with E-state index in [4.69, 9.17) is 4.42 Å². The van der Waals surface area contributed by atoms with E-state index in [1.165, 1.54) is 32.7 Å². The van der Waals surface area contributed by atoms with Crippen LogP contribution in [0.15, 0.2) is 98.5 Å². The number of rotatable bonds is 2. The summed E-state index contributed by atoms with van der Waals surface area (Å²) in [6, 6.07) is 27.7. The predicted octanol–water partition coefficient (Wildman–Crippen LogP) is 8.45. The van der Waals surface area contributed by atoms with Gasteiger partial charge in [-0.15, -0.1) is 0 Å². The Bertz CT molecular complexity index is 1230. The Balaban J connectivity index is 2.03. The molecule has 5 aromatic rings. The Hall–Kier alpha value is -2.36. The molecule has 0 saturated carbocycles. The second-order valence-corrected chi connectivity index (χ2v) is 8.08. The lowest BCUT2D eigenvalue weighted by Crippen LogP contribution is -1.90. The topological polar surface area (TPSA) is 13.1 Å². The molecule has 0 unspecified atom stereocenters. The van der Waals surface area contributed by atoms with Gasteiger partial charge in [0.1, 0.15) is 12.0 Å². The number of hydrogen-bond donors (Lipinski definition) is 0. The van der Waals surface area contributed by atoms with Crippen LogP contribution in [0.1, 0.15) is 0 Å². The highest BCUT2D eigenvalue weighted by atomic mass is 79.9. The second kappa shape index (κ2) is 6.66. The molecule has 1 heterocycles. The van der Waals surface area contributed by atoms with Crippen LogP contribution in [0.25, 0.3) is 44.0 Å². The quantitative estimate of drug-likeness (QED) is 0.232. The Morgan fingerprint density at radius 1 is 0.556 bits per heavy atom. The smallest absolute Gasteiger partial charge is 0.150 e. The molecule has 5 rings (SSSR count). The van der Waals surface area contributed by atoms with Crippen molar-refractivity contribution in [2.75, 3.05) is 0 Å². The average molecular weight is 478 g/mol. The van der Waals surface area contributed by atoms with E-state index >= 15 is 0 Å². The minimum absolute atomic E-state index is 0.842. The molecule has 130 valence electrons. The van der Waals surface area contributed by atoms with Crippen molar-refractivity contribution in [2.24, 2.45) is 0 Å². The largest absolute Gasteiger partial charge is 0.462 e. The van der Waals surface area contributed by atoms with Gasteiger partial charge in [-0.1, -0.05) is 78.9 Å². The summed E-state index contributed by atoms with van der Waals surface area (Å²) in [7, 11) is 0. The number of benzene rings is 4. The molecule has 0 atom stereocenters. The van der Waals surface area contributed by atoms with Crippen LogP contribution in [0.2, 0.25) is 0 Å². The van der Waals surface area contributed by atoms with E-state index in [1.807, 2.05) is 0 Å². The molecular formula is C24H14Br2O. The standard InChI is InChI=1S/C24H14Br2O/c25-20-14-27-24(23(20)26)22-18-12-6-4-10-16(18)21(15-8-2-1-3-9-15)17-11-5-7-13-19(17)22/h1-14H. The van der Waals surface area contributed by atoms with Gasteiger partial charge in [0.25, 0.3) is 0 Å². The van der Waals surface area contributed by atoms with Gasteiger partial charge in [-0.3, -0.25) is 0 Å². The van der Waals surface area contributed by atoms with Gasteiger partial charge in [0, 0.05) is 5.56 Å². The van der Waals surface area contributed by atoms with E-state index in [2.05, 4.69) is 111 Å². The third-order valence-corrected chi connectivity index (χ3v) is 6.81. The van der Waals surface area contributed by atoms with Crippen LogP contribution >= 0.6 is 31.9 Å². The SMILES string of the molecule is Brc1coc(-c2c3ccccc3c(-c3ccccc3)c3ccccc23)c1Br. The summed E-state index contributed by atoms with van der Waals surface area (Å²) in [5.41, 5.74) is 3.59. The molecule has 0 spiro atoms. The first-order valence-electron chi connectivity index (χ1n) is 8.67. The van der Waals surface area contributed by atoms with E-state index in [1.54, 1.807) is 6.26 Å². The van der Waals surface area contributed by atoms with Crippen LogP contribution < -0.4 is 0 Å². The van der Waals surface area contributed by atoms with Crippen molar-refractivity contribution >= 4 is 53.4 Å². The molecule has 0 fully saturated rings. The van der Waals surface area contributed by atoms with Crippen molar-refractivity contribution in [2.45, 2.75) is 0 Å². The number of halogens is 2. The van der Waals surface area contributed by atoms with E-state index in [0.717, 1.165) is 20.3 Å². The molecule has 0 aliphatic heterocycles. The lowest BCUT2D eigenvalue weighted by Gasteiger charge is -2.16. The van der Waals surface area contributed by atoms with Crippen LogP contribution in [0, 0.1) is 0 Å². The van der Waals surface area contributed by atoms with Crippen LogP contribution in [0.5, 0.6) is 0 Å². The van der Waals surface area contributed by atoms with Gasteiger partial charge >= 0.3 is 0 Å². The fraction of sp³-hybridized carbons (Fsp3) is 0. The van der Waals surface area contributed by atoms with Crippen LogP contribution in [0.4, 0.5) is 0 Å². The first-order chi connectivity index (χ1) is 13.3. The van der Waals surface area contributed by atoms with E-state index in [0.29, 0.717) is 0 Å². The summed E-state index contributed by atoms with van der Waals surface area (Å²) in [5.74, 6) is 0.842. The van der Waals surface area contributed by atoms with Crippen molar-refractivity contribution in [1.29, 1.82) is 0 Å². The molecule has 1 nitrogen and oxygen atoms in total. The summed E-state index contributed by atoms with van der Waals surface area (Å²) in [5, 5.41) is 4.80. The highest BCUT2D eigenvalue weighted by molar-refractivity contribution is 9.13. The minimum atomic E-state index is 0.842. The third kappa shape index (κ3) is 2.65. The van der Waals surface area contributed by atoms with Gasteiger partial charge in [0.05, 0.1) is 8.95 Å². The molecular weight excluding hydrogens is 464 g/mol. The normalized spacial score (nSPS) is 11.3. The van der Waals surface area contributed by atoms with Crippen LogP contribution in [0.3, 0.4) is 0 Å². The molecule has 1 aromatic heterocycles. The molecule has 0 amide bonds. The van der Waals surface area contributed by atoms with Gasteiger partial charge in [-0.05, 0) is 64.5 Å². The lowest BCUT2D eigenvalue weighted by atomic mass is 9.88. The highest BCUT2D eigenvalue weighted by Gasteiger charge is 2.20. The molecule has 4 aromatic carbocycles. The van der Waals surface area contributed by atoms with Gasteiger partial charge < -0.3 is 4.42 Å². The summed E-state index contributed by atoms with van der Waals surface area (Å²) in [4.78, 5) is 0. The molecule has 0 saturated heterocycles. The predicted molar refractivity (Wildman–Crippen MR) is 120 cm³/mol. The lowest BCUT2D eigenvalue weighted by molar-refractivity contribution is 0.581. The zero-order valence-corrected chi connectivity index (χ0v) is 17.4. The molecule has 0 aliphatic rings. The zero-order chi connectivity index (χ0) is 18.4. The van der Waals surface area contributed by atoms with Gasteiger partial charge in [-0.2, -0.15) is 0 Å². The maximum absolute atomic E-state index is 5.95. The summed E-state index contributed by atoms with van der Waals surface area (Å²) in [6.45, 7) is 0. The maximum atomic E-state index is 5.95. The molecule has 0 radical (unpaired) electrons. The van der Waals surface area contributed by atoms with E-state index < -0.39 is 0 Å². The summed E-state index contributed by atoms with van der Waals surface area (Å²) in [6.07, 6.45) is 1.73. The van der Waals surface area contributed by atoms with E-state index in [-0.39, 0.29) is 0 Å². The third-order valence-electron chi connectivity index (χ3n) is 4.91. The summed E-state index contributed by atoms with van der Waals surface area (Å²) >= 11 is 7.23. The summed E-state index contributed by atoms with van der Waals surface area (Å²) < 4.78 is 7.80. The zero-order valence-electron chi connectivity index (χ0n) is 14.2. The van der Waals surface area contributed by atoms with Gasteiger partial charge in [0.15, 0.2) is 0 Å². The molecule has 0 N–H and O–H groups in total. The molecule has 0 aliphatic carbocycles. The highest BCUT2D eigenvalue weighted by Crippen LogP contribution is 2.46. The fourth-order valence-corrected chi connectivity index (χ4v) is 4.44. The van der Waals surface area contributed by atoms with Crippen molar-refractivity contribution in [3.05, 3.63) is 94.1 Å². The Kier molecular flexibility index (Phi) is 4.14. The van der Waals surface area contributed by atoms with Gasteiger partial charge in [-0.25, -0.2) is 0 Å². The Labute approximate surface area is 173 Å². The van der Waals surface area contributed by atoms with E-state index in [9.17, 15) is 0 Å². The monoisotopic (exact) mass is 476 g/mol. The van der Waals surface area contributed by atoms with Crippen LogP contribution in [-0.2, 0) is 0 Å².